The molecule has 162 valence electrons. The first-order chi connectivity index (χ1) is 14.0. The van der Waals surface area contributed by atoms with Crippen LogP contribution in [0.5, 0.6) is 0 Å². The summed E-state index contributed by atoms with van der Waals surface area (Å²) >= 11 is 0. The van der Waals surface area contributed by atoms with E-state index in [1.807, 2.05) is 11.8 Å². The maximum Gasteiger partial charge on any atom is 0.409 e. The van der Waals surface area contributed by atoms with Gasteiger partial charge in [0.15, 0.2) is 0 Å². The van der Waals surface area contributed by atoms with Crippen molar-refractivity contribution >= 4 is 18.0 Å². The van der Waals surface area contributed by atoms with Crippen LogP contribution in [0.25, 0.3) is 0 Å². The van der Waals surface area contributed by atoms with E-state index in [2.05, 4.69) is 11.5 Å². The summed E-state index contributed by atoms with van der Waals surface area (Å²) in [5.74, 6) is -0.689. The Morgan fingerprint density at radius 1 is 1.21 bits per heavy atom. The minimum Gasteiger partial charge on any atom is -0.469 e. The van der Waals surface area contributed by atoms with Crippen molar-refractivity contribution < 1.29 is 23.9 Å². The third-order valence-electron chi connectivity index (χ3n) is 6.83. The third kappa shape index (κ3) is 4.13. The molecule has 8 heteroatoms. The van der Waals surface area contributed by atoms with Crippen LogP contribution < -0.4 is 0 Å². The number of esters is 1. The predicted molar refractivity (Wildman–Crippen MR) is 107 cm³/mol. The Hall–Kier alpha value is -2.09. The zero-order chi connectivity index (χ0) is 21.0. The van der Waals surface area contributed by atoms with Crippen molar-refractivity contribution in [3.8, 4) is 0 Å². The molecule has 3 aliphatic rings. The second kappa shape index (κ2) is 9.15. The molecule has 3 rings (SSSR count). The third-order valence-corrected chi connectivity index (χ3v) is 6.83. The Kier molecular flexibility index (Phi) is 6.82. The van der Waals surface area contributed by atoms with Crippen molar-refractivity contribution in [1.29, 1.82) is 0 Å². The minimum atomic E-state index is -0.472. The van der Waals surface area contributed by atoms with Crippen LogP contribution in [-0.4, -0.2) is 90.7 Å². The summed E-state index contributed by atoms with van der Waals surface area (Å²) in [5, 5.41) is 0. The van der Waals surface area contributed by atoms with Gasteiger partial charge in [0.2, 0.25) is 5.91 Å². The molecule has 3 heterocycles. The highest BCUT2D eigenvalue weighted by molar-refractivity contribution is 5.89. The molecule has 8 nitrogen and oxygen atoms in total. The zero-order valence-electron chi connectivity index (χ0n) is 17.6. The van der Waals surface area contributed by atoms with Crippen LogP contribution in [0.4, 0.5) is 4.79 Å². The van der Waals surface area contributed by atoms with Gasteiger partial charge in [-0.1, -0.05) is 6.08 Å². The van der Waals surface area contributed by atoms with Crippen LogP contribution >= 0.6 is 0 Å². The molecule has 0 saturated carbocycles. The number of hydrogen-bond acceptors (Lipinski definition) is 6. The van der Waals surface area contributed by atoms with Gasteiger partial charge in [0, 0.05) is 45.2 Å². The smallest absolute Gasteiger partial charge is 0.409 e. The molecule has 0 radical (unpaired) electrons. The van der Waals surface area contributed by atoms with E-state index >= 15 is 0 Å². The molecule has 1 atom stereocenters. The second-order valence-corrected chi connectivity index (χ2v) is 8.13. The van der Waals surface area contributed by atoms with Crippen LogP contribution in [0.1, 0.15) is 39.0 Å². The van der Waals surface area contributed by atoms with Crippen LogP contribution in [0.2, 0.25) is 0 Å². The number of hydrogen-bond donors (Lipinski definition) is 0. The molecular formula is C21H33N3O5. The van der Waals surface area contributed by atoms with Gasteiger partial charge in [0.25, 0.3) is 0 Å². The quantitative estimate of drug-likeness (QED) is 0.509. The summed E-state index contributed by atoms with van der Waals surface area (Å²) in [6.45, 7) is 9.54. The van der Waals surface area contributed by atoms with Crippen LogP contribution in [0.15, 0.2) is 12.7 Å². The van der Waals surface area contributed by atoms with Gasteiger partial charge in [-0.3, -0.25) is 9.59 Å². The molecule has 0 aliphatic carbocycles. The Morgan fingerprint density at radius 3 is 2.41 bits per heavy atom. The average Bonchev–Trinajstić information content (AvgIpc) is 3.00. The number of likely N-dealkylation sites (tertiary alicyclic amines) is 3. The van der Waals surface area contributed by atoms with Gasteiger partial charge >= 0.3 is 12.1 Å². The van der Waals surface area contributed by atoms with Crippen molar-refractivity contribution in [2.45, 2.75) is 50.6 Å². The summed E-state index contributed by atoms with van der Waals surface area (Å²) in [4.78, 5) is 43.0. The van der Waals surface area contributed by atoms with E-state index in [-0.39, 0.29) is 24.4 Å². The molecule has 0 aromatic heterocycles. The largest absolute Gasteiger partial charge is 0.469 e. The lowest BCUT2D eigenvalue weighted by Gasteiger charge is -2.49. The van der Waals surface area contributed by atoms with Crippen LogP contribution in [0, 0.1) is 5.92 Å². The molecule has 3 fully saturated rings. The van der Waals surface area contributed by atoms with Gasteiger partial charge < -0.3 is 24.2 Å². The van der Waals surface area contributed by atoms with E-state index in [0.717, 1.165) is 38.8 Å². The van der Waals surface area contributed by atoms with E-state index in [1.54, 1.807) is 11.0 Å². The average molecular weight is 408 g/mol. The lowest BCUT2D eigenvalue weighted by Crippen LogP contribution is -2.59. The number of carbonyl (C=O) groups excluding carboxylic acids is 3. The van der Waals surface area contributed by atoms with E-state index in [1.165, 1.54) is 7.11 Å². The number of methoxy groups -OCH3 is 1. The fourth-order valence-electron chi connectivity index (χ4n) is 5.29. The Bertz CT molecular complexity index is 636. The predicted octanol–water partition coefficient (Wildman–Crippen LogP) is 1.65. The first-order valence-corrected chi connectivity index (χ1v) is 10.6. The summed E-state index contributed by atoms with van der Waals surface area (Å²) in [7, 11) is 1.39. The lowest BCUT2D eigenvalue weighted by molar-refractivity contribution is -0.150. The fraction of sp³-hybridized carbons (Fsp3) is 0.762. The molecular weight excluding hydrogens is 374 g/mol. The molecule has 0 aromatic carbocycles. The highest BCUT2D eigenvalue weighted by atomic mass is 16.6. The first-order valence-electron chi connectivity index (χ1n) is 10.6. The first kappa shape index (κ1) is 21.6. The topological polar surface area (TPSA) is 79.4 Å². The lowest BCUT2D eigenvalue weighted by atomic mass is 9.76. The SMILES string of the molecule is C=CCN1C(=O)CC(C(=O)OC)C12CCN(C1CCN(C(=O)OCC)CC1)CC2. The molecule has 1 spiro atoms. The summed E-state index contributed by atoms with van der Waals surface area (Å²) in [5.41, 5.74) is -0.472. The van der Waals surface area contributed by atoms with E-state index in [4.69, 9.17) is 9.47 Å². The van der Waals surface area contributed by atoms with Crippen molar-refractivity contribution in [1.82, 2.24) is 14.7 Å². The monoisotopic (exact) mass is 407 g/mol. The molecule has 3 aliphatic heterocycles. The summed E-state index contributed by atoms with van der Waals surface area (Å²) < 4.78 is 10.1. The van der Waals surface area contributed by atoms with Gasteiger partial charge in [-0.25, -0.2) is 4.79 Å². The zero-order valence-corrected chi connectivity index (χ0v) is 17.6. The van der Waals surface area contributed by atoms with Crippen molar-refractivity contribution in [2.75, 3.05) is 46.4 Å². The number of carbonyl (C=O) groups is 3. The van der Waals surface area contributed by atoms with Gasteiger partial charge in [-0.2, -0.15) is 0 Å². The van der Waals surface area contributed by atoms with Crippen LogP contribution in [-0.2, 0) is 19.1 Å². The number of amides is 2. The van der Waals surface area contributed by atoms with Crippen molar-refractivity contribution in [3.05, 3.63) is 12.7 Å². The maximum atomic E-state index is 12.6. The number of nitrogens with zero attached hydrogens (tertiary/aromatic N) is 3. The molecule has 0 aromatic rings. The molecule has 0 N–H and O–H groups in total. The second-order valence-electron chi connectivity index (χ2n) is 8.13. The number of rotatable bonds is 5. The molecule has 29 heavy (non-hydrogen) atoms. The normalized spacial score (nSPS) is 25.3. The van der Waals surface area contributed by atoms with E-state index in [9.17, 15) is 14.4 Å². The standard InChI is InChI=1S/C21H33N3O5/c1-4-10-24-18(25)15-17(19(26)28-3)21(24)8-13-22(14-9-21)16-6-11-23(12-7-16)20(27)29-5-2/h4,16-17H,1,5-15H2,2-3H3. The van der Waals surface area contributed by atoms with E-state index < -0.39 is 11.5 Å². The van der Waals surface area contributed by atoms with E-state index in [0.29, 0.717) is 32.3 Å². The number of ether oxygens (including phenoxy) is 2. The van der Waals surface area contributed by atoms with Gasteiger partial charge in [-0.05, 0) is 32.6 Å². The highest BCUT2D eigenvalue weighted by Crippen LogP contribution is 2.44. The molecule has 3 saturated heterocycles. The van der Waals surface area contributed by atoms with Crippen molar-refractivity contribution in [3.63, 3.8) is 0 Å². The van der Waals surface area contributed by atoms with Gasteiger partial charge in [0.1, 0.15) is 0 Å². The molecule has 2 amide bonds. The number of piperidine rings is 2. The summed E-state index contributed by atoms with van der Waals surface area (Å²) in [6, 6.07) is 0.416. The van der Waals surface area contributed by atoms with Crippen LogP contribution in [0.3, 0.4) is 0 Å². The Labute approximate surface area is 172 Å². The Morgan fingerprint density at radius 2 is 1.86 bits per heavy atom. The molecule has 1 unspecified atom stereocenters. The minimum absolute atomic E-state index is 0.0106. The fourth-order valence-corrected chi connectivity index (χ4v) is 5.29. The molecule has 0 bridgehead atoms. The highest BCUT2D eigenvalue weighted by Gasteiger charge is 2.57. The summed E-state index contributed by atoms with van der Waals surface area (Å²) in [6.07, 6.45) is 5.07. The van der Waals surface area contributed by atoms with Gasteiger partial charge in [-0.15, -0.1) is 6.58 Å². The van der Waals surface area contributed by atoms with Gasteiger partial charge in [0.05, 0.1) is 25.2 Å². The maximum absolute atomic E-state index is 12.6. The van der Waals surface area contributed by atoms with Crippen molar-refractivity contribution in [2.24, 2.45) is 5.92 Å². The Balaban J connectivity index is 1.63.